The molecule has 0 unspecified atom stereocenters. The largest absolute Gasteiger partial charge is 0.364 e. The van der Waals surface area contributed by atoms with E-state index in [2.05, 4.69) is 22.3 Å². The second-order valence-corrected chi connectivity index (χ2v) is 5.11. The molecule has 1 aliphatic carbocycles. The van der Waals surface area contributed by atoms with Crippen molar-refractivity contribution >= 4 is 16.9 Å². The highest BCUT2D eigenvalue weighted by Crippen LogP contribution is 2.24. The van der Waals surface area contributed by atoms with E-state index in [-0.39, 0.29) is 0 Å². The van der Waals surface area contributed by atoms with Crippen molar-refractivity contribution in [2.45, 2.75) is 25.3 Å². The highest BCUT2D eigenvalue weighted by molar-refractivity contribution is 8.13. The summed E-state index contributed by atoms with van der Waals surface area (Å²) in [6.45, 7) is 3.19. The predicted molar refractivity (Wildman–Crippen MR) is 63.0 cm³/mol. The van der Waals surface area contributed by atoms with Crippen LogP contribution in [0.15, 0.2) is 4.99 Å². The van der Waals surface area contributed by atoms with Crippen LogP contribution in [0.4, 0.5) is 0 Å². The molecule has 1 N–H and O–H groups in total. The quantitative estimate of drug-likeness (QED) is 0.759. The lowest BCUT2D eigenvalue weighted by atomic mass is 10.5. The fourth-order valence-corrected chi connectivity index (χ4v) is 2.46. The van der Waals surface area contributed by atoms with E-state index in [0.717, 1.165) is 30.8 Å². The Bertz CT molecular complexity index is 213. The van der Waals surface area contributed by atoms with Crippen LogP contribution in [0, 0.1) is 0 Å². The summed E-state index contributed by atoms with van der Waals surface area (Å²) in [4.78, 5) is 6.88. The van der Waals surface area contributed by atoms with Gasteiger partial charge in [0.1, 0.15) is 0 Å². The summed E-state index contributed by atoms with van der Waals surface area (Å²) in [5.74, 6) is 1.23. The van der Waals surface area contributed by atoms with E-state index in [9.17, 15) is 0 Å². The highest BCUT2D eigenvalue weighted by atomic mass is 32.2. The number of nitrogens with one attached hydrogen (secondary N) is 1. The second-order valence-electron chi connectivity index (χ2n) is 4.03. The Labute approximate surface area is 90.3 Å². The van der Waals surface area contributed by atoms with Crippen molar-refractivity contribution in [1.29, 1.82) is 0 Å². The van der Waals surface area contributed by atoms with Crippen LogP contribution < -0.4 is 5.32 Å². The molecule has 80 valence electrons. The molecule has 0 bridgehead atoms. The number of aliphatic imine (C=N–C) groups is 1. The first-order chi connectivity index (χ1) is 6.86. The minimum absolute atomic E-state index is 0.873. The summed E-state index contributed by atoms with van der Waals surface area (Å²) in [6.07, 6.45) is 4.02. The standard InChI is InChI=1S/C10H19N3S/c1-13(9-3-4-9)7-6-12-10-11-5-2-8-14-10/h9H,2-8H2,1H3,(H,11,12). The molecule has 0 spiro atoms. The van der Waals surface area contributed by atoms with E-state index in [4.69, 9.17) is 0 Å². The van der Waals surface area contributed by atoms with Gasteiger partial charge in [-0.25, -0.2) is 0 Å². The zero-order chi connectivity index (χ0) is 9.80. The van der Waals surface area contributed by atoms with Crippen molar-refractivity contribution < 1.29 is 0 Å². The number of nitrogens with zero attached hydrogens (tertiary/aromatic N) is 2. The molecule has 0 amide bonds. The van der Waals surface area contributed by atoms with Crippen molar-refractivity contribution in [1.82, 2.24) is 10.2 Å². The molecular formula is C10H19N3S. The zero-order valence-electron chi connectivity index (χ0n) is 8.83. The van der Waals surface area contributed by atoms with Crippen molar-refractivity contribution in [3.8, 4) is 0 Å². The van der Waals surface area contributed by atoms with Gasteiger partial charge in [0.25, 0.3) is 0 Å². The van der Waals surface area contributed by atoms with Crippen LogP contribution in [-0.4, -0.2) is 48.5 Å². The van der Waals surface area contributed by atoms with E-state index in [1.807, 2.05) is 11.8 Å². The summed E-state index contributed by atoms with van der Waals surface area (Å²) >= 11 is 1.86. The van der Waals surface area contributed by atoms with Gasteiger partial charge >= 0.3 is 0 Å². The van der Waals surface area contributed by atoms with Gasteiger partial charge in [-0.05, 0) is 26.3 Å². The molecule has 1 aliphatic heterocycles. The molecule has 2 rings (SSSR count). The predicted octanol–water partition coefficient (Wildman–Crippen LogP) is 1.16. The average Bonchev–Trinajstić information content (AvgIpc) is 3.02. The summed E-state index contributed by atoms with van der Waals surface area (Å²) in [7, 11) is 2.22. The highest BCUT2D eigenvalue weighted by Gasteiger charge is 2.25. The van der Waals surface area contributed by atoms with Gasteiger partial charge in [-0.3, -0.25) is 4.99 Å². The molecule has 1 heterocycles. The molecule has 1 saturated carbocycles. The second kappa shape index (κ2) is 5.03. The lowest BCUT2D eigenvalue weighted by molar-refractivity contribution is 0.329. The third-order valence-electron chi connectivity index (χ3n) is 2.71. The molecule has 0 saturated heterocycles. The molecule has 1 fully saturated rings. The summed E-state index contributed by atoms with van der Waals surface area (Å²) in [6, 6.07) is 0.873. The maximum Gasteiger partial charge on any atom is 0.156 e. The van der Waals surface area contributed by atoms with Gasteiger partial charge in [0, 0.05) is 31.4 Å². The number of thioether (sulfide) groups is 1. The third-order valence-corrected chi connectivity index (χ3v) is 3.75. The first-order valence-electron chi connectivity index (χ1n) is 5.47. The monoisotopic (exact) mass is 213 g/mol. The molecule has 4 heteroatoms. The molecule has 0 aromatic heterocycles. The Morgan fingerprint density at radius 1 is 1.57 bits per heavy atom. The molecule has 0 aromatic rings. The molecule has 0 atom stereocenters. The number of hydrogen-bond acceptors (Lipinski definition) is 4. The number of amidine groups is 1. The van der Waals surface area contributed by atoms with E-state index in [0.29, 0.717) is 0 Å². The molecular weight excluding hydrogens is 194 g/mol. The third kappa shape index (κ3) is 3.17. The zero-order valence-corrected chi connectivity index (χ0v) is 9.65. The van der Waals surface area contributed by atoms with Crippen LogP contribution >= 0.6 is 11.8 Å². The van der Waals surface area contributed by atoms with Crippen molar-refractivity contribution in [2.75, 3.05) is 32.4 Å². The van der Waals surface area contributed by atoms with E-state index in [1.54, 1.807) is 0 Å². The van der Waals surface area contributed by atoms with Crippen LogP contribution in [0.2, 0.25) is 0 Å². The molecule has 2 aliphatic rings. The Balaban J connectivity index is 1.59. The van der Waals surface area contributed by atoms with Crippen LogP contribution in [-0.2, 0) is 0 Å². The summed E-state index contributed by atoms with van der Waals surface area (Å²) in [5, 5.41) is 4.56. The van der Waals surface area contributed by atoms with Gasteiger partial charge in [0.05, 0.1) is 0 Å². The summed E-state index contributed by atoms with van der Waals surface area (Å²) in [5.41, 5.74) is 0. The molecule has 0 radical (unpaired) electrons. The van der Waals surface area contributed by atoms with E-state index >= 15 is 0 Å². The molecule has 0 aromatic carbocycles. The van der Waals surface area contributed by atoms with Crippen LogP contribution in [0.5, 0.6) is 0 Å². The van der Waals surface area contributed by atoms with Crippen LogP contribution in [0.25, 0.3) is 0 Å². The first kappa shape index (κ1) is 10.3. The lowest BCUT2D eigenvalue weighted by Gasteiger charge is -2.18. The first-order valence-corrected chi connectivity index (χ1v) is 6.46. The van der Waals surface area contributed by atoms with Crippen molar-refractivity contribution in [3.63, 3.8) is 0 Å². The topological polar surface area (TPSA) is 27.6 Å². The number of rotatable bonds is 4. The Morgan fingerprint density at radius 3 is 3.07 bits per heavy atom. The maximum atomic E-state index is 4.44. The number of hydrogen-bond donors (Lipinski definition) is 1. The van der Waals surface area contributed by atoms with Crippen molar-refractivity contribution in [2.24, 2.45) is 4.99 Å². The minimum Gasteiger partial charge on any atom is -0.364 e. The Hall–Kier alpha value is -0.220. The smallest absolute Gasteiger partial charge is 0.156 e. The van der Waals surface area contributed by atoms with E-state index in [1.165, 1.54) is 25.0 Å². The van der Waals surface area contributed by atoms with Crippen LogP contribution in [0.1, 0.15) is 19.3 Å². The van der Waals surface area contributed by atoms with Gasteiger partial charge < -0.3 is 10.2 Å². The Kier molecular flexibility index (Phi) is 3.70. The van der Waals surface area contributed by atoms with Gasteiger partial charge in [-0.15, -0.1) is 0 Å². The van der Waals surface area contributed by atoms with E-state index < -0.39 is 0 Å². The normalized spacial score (nSPS) is 22.3. The molecule has 14 heavy (non-hydrogen) atoms. The SMILES string of the molecule is CN(CCNC1=NCCCS1)C1CC1. The van der Waals surface area contributed by atoms with Gasteiger partial charge in [-0.1, -0.05) is 11.8 Å². The number of likely N-dealkylation sites (N-methyl/N-ethyl adjacent to an activating group) is 1. The Morgan fingerprint density at radius 2 is 2.43 bits per heavy atom. The fraction of sp³-hybridized carbons (Fsp3) is 0.900. The minimum atomic E-state index is 0.873. The molecule has 3 nitrogen and oxygen atoms in total. The average molecular weight is 213 g/mol. The van der Waals surface area contributed by atoms with Gasteiger partial charge in [0.15, 0.2) is 5.17 Å². The maximum absolute atomic E-state index is 4.44. The fourth-order valence-electron chi connectivity index (χ4n) is 1.60. The van der Waals surface area contributed by atoms with Crippen LogP contribution in [0.3, 0.4) is 0 Å². The van der Waals surface area contributed by atoms with Gasteiger partial charge in [-0.2, -0.15) is 0 Å². The van der Waals surface area contributed by atoms with Gasteiger partial charge in [0.2, 0.25) is 0 Å². The summed E-state index contributed by atoms with van der Waals surface area (Å²) < 4.78 is 0. The lowest BCUT2D eigenvalue weighted by Crippen LogP contribution is -2.33. The van der Waals surface area contributed by atoms with Crippen molar-refractivity contribution in [3.05, 3.63) is 0 Å².